The van der Waals surface area contributed by atoms with Gasteiger partial charge < -0.3 is 15.0 Å². The first-order valence-corrected chi connectivity index (χ1v) is 9.96. The van der Waals surface area contributed by atoms with Crippen LogP contribution in [0.1, 0.15) is 58.3 Å². The zero-order valence-corrected chi connectivity index (χ0v) is 16.3. The summed E-state index contributed by atoms with van der Waals surface area (Å²) in [6, 6.07) is 7.05. The highest BCUT2D eigenvalue weighted by atomic mass is 35.5. The maximum Gasteiger partial charge on any atom is 0.322 e. The number of benzene rings is 1. The summed E-state index contributed by atoms with van der Waals surface area (Å²) in [6.45, 7) is 2.53. The Morgan fingerprint density at radius 1 is 1.12 bits per heavy atom. The first kappa shape index (κ1) is 20.6. The molecule has 1 aliphatic carbocycles. The molecule has 0 radical (unpaired) electrons. The third kappa shape index (κ3) is 6.87. The summed E-state index contributed by atoms with van der Waals surface area (Å²) in [4.78, 5) is 26.5. The van der Waals surface area contributed by atoms with E-state index in [1.54, 1.807) is 31.2 Å². The van der Waals surface area contributed by atoms with E-state index in [9.17, 15) is 9.59 Å². The van der Waals surface area contributed by atoms with Crippen molar-refractivity contribution in [3.63, 3.8) is 0 Å². The number of hydrogen-bond acceptors (Lipinski definition) is 3. The van der Waals surface area contributed by atoms with Crippen LogP contribution in [0.5, 0.6) is 0 Å². The van der Waals surface area contributed by atoms with Gasteiger partial charge in [0.15, 0.2) is 0 Å². The van der Waals surface area contributed by atoms with E-state index in [1.807, 2.05) is 4.90 Å². The van der Waals surface area contributed by atoms with Crippen molar-refractivity contribution in [2.75, 3.05) is 18.5 Å². The minimum Gasteiger partial charge on any atom is -0.466 e. The lowest BCUT2D eigenvalue weighted by Crippen LogP contribution is -2.44. The third-order valence-corrected chi connectivity index (χ3v) is 4.99. The molecule has 0 saturated heterocycles. The van der Waals surface area contributed by atoms with Gasteiger partial charge in [0.1, 0.15) is 0 Å². The Labute approximate surface area is 161 Å². The molecule has 144 valence electrons. The molecule has 0 bridgehead atoms. The number of rotatable bonds is 6. The first-order chi connectivity index (χ1) is 12.6. The summed E-state index contributed by atoms with van der Waals surface area (Å²) in [5.74, 6) is -0.261. The van der Waals surface area contributed by atoms with Crippen LogP contribution in [0.4, 0.5) is 10.5 Å². The quantitative estimate of drug-likeness (QED) is 0.686. The molecule has 0 unspecified atom stereocenters. The number of ether oxygens (including phenoxy) is 1. The monoisotopic (exact) mass is 380 g/mol. The van der Waals surface area contributed by atoms with Crippen LogP contribution >= 0.6 is 11.6 Å². The van der Waals surface area contributed by atoms with Gasteiger partial charge >= 0.3 is 12.0 Å². The van der Waals surface area contributed by atoms with Crippen LogP contribution in [0.15, 0.2) is 24.3 Å². The summed E-state index contributed by atoms with van der Waals surface area (Å²) >= 11 is 5.91. The smallest absolute Gasteiger partial charge is 0.322 e. The summed E-state index contributed by atoms with van der Waals surface area (Å²) in [5.41, 5.74) is 0.700. The Balaban J connectivity index is 2.05. The fourth-order valence-electron chi connectivity index (χ4n) is 3.37. The fourth-order valence-corrected chi connectivity index (χ4v) is 3.50. The molecule has 1 fully saturated rings. The minimum atomic E-state index is -0.261. The average Bonchev–Trinajstić information content (AvgIpc) is 2.58. The van der Waals surface area contributed by atoms with Gasteiger partial charge in [-0.3, -0.25) is 4.79 Å². The number of halogens is 1. The molecule has 1 N–H and O–H groups in total. The predicted octanol–water partition coefficient (Wildman–Crippen LogP) is 5.24. The van der Waals surface area contributed by atoms with Crippen molar-refractivity contribution in [2.24, 2.45) is 0 Å². The Morgan fingerprint density at radius 3 is 2.35 bits per heavy atom. The predicted molar refractivity (Wildman–Crippen MR) is 105 cm³/mol. The van der Waals surface area contributed by atoms with E-state index in [0.29, 0.717) is 23.9 Å². The van der Waals surface area contributed by atoms with Crippen LogP contribution in [0, 0.1) is 0 Å². The Morgan fingerprint density at radius 2 is 1.73 bits per heavy atom. The molecule has 5 nitrogen and oxygen atoms in total. The Hall–Kier alpha value is -1.75. The molecule has 2 rings (SSSR count). The van der Waals surface area contributed by atoms with Gasteiger partial charge in [-0.2, -0.15) is 0 Å². The SMILES string of the molecule is CCOC(=O)CCN(C(=O)Nc1ccc(Cl)cc1)C1CCCCCCC1. The number of nitrogens with one attached hydrogen (secondary N) is 1. The molecule has 0 atom stereocenters. The van der Waals surface area contributed by atoms with Gasteiger partial charge in [0.05, 0.1) is 13.0 Å². The van der Waals surface area contributed by atoms with Crippen molar-refractivity contribution < 1.29 is 14.3 Å². The van der Waals surface area contributed by atoms with Crippen LogP contribution in [0.25, 0.3) is 0 Å². The number of carbonyl (C=O) groups is 2. The van der Waals surface area contributed by atoms with Crippen molar-refractivity contribution >= 4 is 29.3 Å². The molecule has 0 aromatic heterocycles. The lowest BCUT2D eigenvalue weighted by Gasteiger charge is -2.33. The van der Waals surface area contributed by atoms with Gasteiger partial charge in [-0.1, -0.05) is 43.7 Å². The summed E-state index contributed by atoms with van der Waals surface area (Å²) in [7, 11) is 0. The summed E-state index contributed by atoms with van der Waals surface area (Å²) < 4.78 is 5.02. The topological polar surface area (TPSA) is 58.6 Å². The molecular formula is C20H29ClN2O3. The average molecular weight is 381 g/mol. The second-order valence-corrected chi connectivity index (χ2v) is 7.12. The molecule has 0 spiro atoms. The van der Waals surface area contributed by atoms with E-state index in [1.165, 1.54) is 19.3 Å². The molecule has 1 aromatic rings. The molecular weight excluding hydrogens is 352 g/mol. The summed E-state index contributed by atoms with van der Waals surface area (Å²) in [5, 5.41) is 3.56. The number of carbonyl (C=O) groups excluding carboxylic acids is 2. The van der Waals surface area contributed by atoms with E-state index in [-0.39, 0.29) is 24.5 Å². The van der Waals surface area contributed by atoms with Crippen LogP contribution < -0.4 is 5.32 Å². The van der Waals surface area contributed by atoms with Gasteiger partial charge in [0.2, 0.25) is 0 Å². The van der Waals surface area contributed by atoms with Crippen LogP contribution in [-0.2, 0) is 9.53 Å². The van der Waals surface area contributed by atoms with E-state index in [0.717, 1.165) is 25.7 Å². The molecule has 1 aromatic carbocycles. The zero-order chi connectivity index (χ0) is 18.8. The van der Waals surface area contributed by atoms with Gasteiger partial charge in [0.25, 0.3) is 0 Å². The van der Waals surface area contributed by atoms with Gasteiger partial charge in [0, 0.05) is 23.3 Å². The third-order valence-electron chi connectivity index (χ3n) is 4.73. The Bertz CT molecular complexity index is 569. The highest BCUT2D eigenvalue weighted by Crippen LogP contribution is 2.23. The number of nitrogens with zero attached hydrogens (tertiary/aromatic N) is 1. The van der Waals surface area contributed by atoms with E-state index >= 15 is 0 Å². The molecule has 26 heavy (non-hydrogen) atoms. The van der Waals surface area contributed by atoms with E-state index < -0.39 is 0 Å². The minimum absolute atomic E-state index is 0.164. The first-order valence-electron chi connectivity index (χ1n) is 9.59. The fraction of sp³-hybridized carbons (Fsp3) is 0.600. The van der Waals surface area contributed by atoms with E-state index in [4.69, 9.17) is 16.3 Å². The molecule has 6 heteroatoms. The van der Waals surface area contributed by atoms with Gasteiger partial charge in [-0.05, 0) is 44.0 Å². The highest BCUT2D eigenvalue weighted by molar-refractivity contribution is 6.30. The number of urea groups is 1. The maximum absolute atomic E-state index is 12.9. The van der Waals surface area contributed by atoms with Crippen LogP contribution in [0.3, 0.4) is 0 Å². The van der Waals surface area contributed by atoms with Crippen molar-refractivity contribution in [1.82, 2.24) is 4.90 Å². The van der Waals surface area contributed by atoms with Crippen LogP contribution in [-0.4, -0.2) is 36.1 Å². The molecule has 2 amide bonds. The number of amides is 2. The van der Waals surface area contributed by atoms with Crippen molar-refractivity contribution in [3.05, 3.63) is 29.3 Å². The maximum atomic E-state index is 12.9. The largest absolute Gasteiger partial charge is 0.466 e. The lowest BCUT2D eigenvalue weighted by atomic mass is 9.95. The highest BCUT2D eigenvalue weighted by Gasteiger charge is 2.25. The number of esters is 1. The van der Waals surface area contributed by atoms with Gasteiger partial charge in [-0.25, -0.2) is 4.79 Å². The number of hydrogen-bond donors (Lipinski definition) is 1. The molecule has 0 aliphatic heterocycles. The zero-order valence-electron chi connectivity index (χ0n) is 15.5. The lowest BCUT2D eigenvalue weighted by molar-refractivity contribution is -0.143. The van der Waals surface area contributed by atoms with Crippen LogP contribution in [0.2, 0.25) is 5.02 Å². The second kappa shape index (κ2) is 11.1. The van der Waals surface area contributed by atoms with Crippen molar-refractivity contribution in [3.8, 4) is 0 Å². The summed E-state index contributed by atoms with van der Waals surface area (Å²) in [6.07, 6.45) is 8.12. The molecule has 1 saturated carbocycles. The Kier molecular flexibility index (Phi) is 8.75. The van der Waals surface area contributed by atoms with Gasteiger partial charge in [-0.15, -0.1) is 0 Å². The number of anilines is 1. The van der Waals surface area contributed by atoms with Crippen molar-refractivity contribution in [2.45, 2.75) is 64.3 Å². The van der Waals surface area contributed by atoms with Crippen molar-refractivity contribution in [1.29, 1.82) is 0 Å². The standard InChI is InChI=1S/C20H29ClN2O3/c1-2-26-19(24)14-15-23(18-8-6-4-3-5-7-9-18)20(25)22-17-12-10-16(21)11-13-17/h10-13,18H,2-9,14-15H2,1H3,(H,22,25). The normalized spacial score (nSPS) is 15.6. The molecule has 1 aliphatic rings. The molecule has 0 heterocycles. The second-order valence-electron chi connectivity index (χ2n) is 6.68. The van der Waals surface area contributed by atoms with E-state index in [2.05, 4.69) is 5.32 Å².